The van der Waals surface area contributed by atoms with Crippen molar-refractivity contribution in [2.45, 2.75) is 180 Å². The number of hydrogen-bond acceptors (Lipinski definition) is 6. The van der Waals surface area contributed by atoms with Crippen LogP contribution in [0.5, 0.6) is 0 Å². The van der Waals surface area contributed by atoms with Crippen molar-refractivity contribution in [1.29, 1.82) is 0 Å². The molecule has 0 aromatic heterocycles. The van der Waals surface area contributed by atoms with Gasteiger partial charge < -0.3 is 25.6 Å². The zero-order chi connectivity index (χ0) is 33.4. The molecule has 9 nitrogen and oxygen atoms in total. The van der Waals surface area contributed by atoms with Crippen LogP contribution < -0.4 is 10.6 Å². The fourth-order valence-electron chi connectivity index (χ4n) is 5.15. The number of carbonyl (C=O) groups is 4. The lowest BCUT2D eigenvalue weighted by Crippen LogP contribution is -2.47. The molecule has 0 saturated carbocycles. The molecule has 2 atom stereocenters. The van der Waals surface area contributed by atoms with Crippen molar-refractivity contribution < 1.29 is 34.1 Å². The van der Waals surface area contributed by atoms with E-state index in [1.807, 2.05) is 0 Å². The number of aliphatic carboxylic acids is 1. The number of rotatable bonds is 32. The molecule has 0 fully saturated rings. The van der Waals surface area contributed by atoms with Gasteiger partial charge in [0, 0.05) is 12.8 Å². The summed E-state index contributed by atoms with van der Waals surface area (Å²) >= 11 is 0. The average molecular weight is 639 g/mol. The Morgan fingerprint density at radius 3 is 1.73 bits per heavy atom. The third kappa shape index (κ3) is 28.8. The maximum absolute atomic E-state index is 12.6. The first-order valence-electron chi connectivity index (χ1n) is 18.1. The number of esters is 1. The van der Waals surface area contributed by atoms with Crippen LogP contribution in [0.25, 0.3) is 0 Å². The second-order valence-electron chi connectivity index (χ2n) is 12.3. The molecule has 262 valence electrons. The van der Waals surface area contributed by atoms with Gasteiger partial charge in [0.1, 0.15) is 12.1 Å². The van der Waals surface area contributed by atoms with Crippen LogP contribution in [0.2, 0.25) is 0 Å². The van der Waals surface area contributed by atoms with Crippen molar-refractivity contribution in [1.82, 2.24) is 10.6 Å². The minimum Gasteiger partial charge on any atom is -0.480 e. The Morgan fingerprint density at radius 2 is 1.18 bits per heavy atom. The van der Waals surface area contributed by atoms with Gasteiger partial charge in [-0.3, -0.25) is 14.4 Å². The third-order valence-electron chi connectivity index (χ3n) is 8.00. The molecule has 0 saturated heterocycles. The summed E-state index contributed by atoms with van der Waals surface area (Å²) in [6.45, 7) is 3.42. The molecular formula is C36H66N2O7. The molecule has 0 aromatic carbocycles. The van der Waals surface area contributed by atoms with Gasteiger partial charge in [-0.25, -0.2) is 4.79 Å². The number of carbonyl (C=O) groups excluding carboxylic acids is 3. The van der Waals surface area contributed by atoms with E-state index < -0.39 is 24.5 Å². The van der Waals surface area contributed by atoms with Crippen LogP contribution in [0.1, 0.15) is 168 Å². The standard InChI is InChI=1S/C36H66N2O7/c1-3-5-7-9-11-13-15-17-21-25-31(45-35(42)28-24-18-16-14-12-10-8-6-4-2)26-22-19-20-23-27-33(40)37-29-34(41)38-32(30-39)36(43)44/h21,25,31-32,39H,3-20,22-24,26-30H2,1-2H3,(H,37,40)(H,38,41)(H,43,44)/b25-21-. The summed E-state index contributed by atoms with van der Waals surface area (Å²) in [4.78, 5) is 47.2. The number of allylic oxidation sites excluding steroid dienone is 1. The van der Waals surface area contributed by atoms with Crippen molar-refractivity contribution in [3.8, 4) is 0 Å². The molecule has 4 N–H and O–H groups in total. The SMILES string of the molecule is CCCCCCCCC/C=C\C(CCCCCCC(=O)NCC(=O)NC(CO)C(=O)O)OC(=O)CCCCCCCCCCC. The maximum Gasteiger partial charge on any atom is 0.328 e. The van der Waals surface area contributed by atoms with E-state index in [1.54, 1.807) is 0 Å². The first-order chi connectivity index (χ1) is 21.8. The van der Waals surface area contributed by atoms with E-state index in [1.165, 1.54) is 83.5 Å². The quantitative estimate of drug-likeness (QED) is 0.0339. The molecule has 0 spiro atoms. The van der Waals surface area contributed by atoms with Gasteiger partial charge in [0.05, 0.1) is 13.2 Å². The number of unbranched alkanes of at least 4 members (excludes halogenated alkanes) is 18. The Morgan fingerprint density at radius 1 is 0.667 bits per heavy atom. The smallest absolute Gasteiger partial charge is 0.328 e. The first-order valence-corrected chi connectivity index (χ1v) is 18.1. The van der Waals surface area contributed by atoms with E-state index >= 15 is 0 Å². The predicted molar refractivity (Wildman–Crippen MR) is 181 cm³/mol. The number of aliphatic hydroxyl groups excluding tert-OH is 1. The molecule has 2 amide bonds. The lowest BCUT2D eigenvalue weighted by atomic mass is 10.1. The summed E-state index contributed by atoms with van der Waals surface area (Å²) in [6.07, 6.45) is 29.7. The van der Waals surface area contributed by atoms with Crippen LogP contribution in [0.15, 0.2) is 12.2 Å². The van der Waals surface area contributed by atoms with E-state index in [9.17, 15) is 19.2 Å². The Bertz CT molecular complexity index is 787. The highest BCUT2D eigenvalue weighted by molar-refractivity contribution is 5.87. The summed E-state index contributed by atoms with van der Waals surface area (Å²) in [7, 11) is 0. The average Bonchev–Trinajstić information content (AvgIpc) is 3.02. The van der Waals surface area contributed by atoms with Crippen LogP contribution in [-0.4, -0.2) is 59.3 Å². The second kappa shape index (κ2) is 31.6. The van der Waals surface area contributed by atoms with Gasteiger partial charge in [0.25, 0.3) is 0 Å². The summed E-state index contributed by atoms with van der Waals surface area (Å²) in [5.41, 5.74) is 0. The normalized spacial score (nSPS) is 12.6. The van der Waals surface area contributed by atoms with Crippen molar-refractivity contribution >= 4 is 23.8 Å². The van der Waals surface area contributed by atoms with Crippen LogP contribution in [-0.2, 0) is 23.9 Å². The van der Waals surface area contributed by atoms with Gasteiger partial charge in [-0.05, 0) is 44.6 Å². The summed E-state index contributed by atoms with van der Waals surface area (Å²) < 4.78 is 5.86. The Labute approximate surface area is 273 Å². The maximum atomic E-state index is 12.6. The van der Waals surface area contributed by atoms with E-state index in [4.69, 9.17) is 14.9 Å². The highest BCUT2D eigenvalue weighted by Crippen LogP contribution is 2.15. The van der Waals surface area contributed by atoms with Gasteiger partial charge in [-0.1, -0.05) is 123 Å². The first kappa shape index (κ1) is 42.6. The summed E-state index contributed by atoms with van der Waals surface area (Å²) in [5, 5.41) is 22.5. The summed E-state index contributed by atoms with van der Waals surface area (Å²) in [6, 6.07) is -1.39. The molecule has 0 heterocycles. The van der Waals surface area contributed by atoms with Gasteiger partial charge in [0.2, 0.25) is 11.8 Å². The van der Waals surface area contributed by atoms with Crippen LogP contribution in [0.4, 0.5) is 0 Å². The fourth-order valence-corrected chi connectivity index (χ4v) is 5.15. The molecule has 0 bridgehead atoms. The van der Waals surface area contributed by atoms with Gasteiger partial charge in [0.15, 0.2) is 0 Å². The molecule has 45 heavy (non-hydrogen) atoms. The molecule has 0 radical (unpaired) electrons. The zero-order valence-corrected chi connectivity index (χ0v) is 28.6. The van der Waals surface area contributed by atoms with Crippen LogP contribution in [0.3, 0.4) is 0 Å². The zero-order valence-electron chi connectivity index (χ0n) is 28.6. The van der Waals surface area contributed by atoms with Gasteiger partial charge in [-0.15, -0.1) is 0 Å². The molecule has 0 aromatic rings. The molecule has 2 unspecified atom stereocenters. The number of amides is 2. The number of ether oxygens (including phenoxy) is 1. The van der Waals surface area contributed by atoms with Gasteiger partial charge in [-0.2, -0.15) is 0 Å². The molecule has 0 aliphatic heterocycles. The molecule has 0 aliphatic carbocycles. The predicted octanol–water partition coefficient (Wildman–Crippen LogP) is 7.53. The van der Waals surface area contributed by atoms with Gasteiger partial charge >= 0.3 is 11.9 Å². The van der Waals surface area contributed by atoms with E-state index in [2.05, 4.69) is 36.6 Å². The molecular weight excluding hydrogens is 572 g/mol. The fraction of sp³-hybridized carbons (Fsp3) is 0.833. The third-order valence-corrected chi connectivity index (χ3v) is 8.00. The number of aliphatic hydroxyl groups is 1. The minimum atomic E-state index is -1.39. The highest BCUT2D eigenvalue weighted by Gasteiger charge is 2.18. The highest BCUT2D eigenvalue weighted by atomic mass is 16.5. The molecule has 0 aliphatic rings. The number of carboxylic acid groups (broad SMARTS) is 1. The lowest BCUT2D eigenvalue weighted by molar-refractivity contribution is -0.147. The van der Waals surface area contributed by atoms with E-state index in [0.29, 0.717) is 12.8 Å². The number of carboxylic acids is 1. The van der Waals surface area contributed by atoms with Crippen molar-refractivity contribution in [3.63, 3.8) is 0 Å². The van der Waals surface area contributed by atoms with Crippen LogP contribution >= 0.6 is 0 Å². The van der Waals surface area contributed by atoms with E-state index in [-0.39, 0.29) is 30.9 Å². The van der Waals surface area contributed by atoms with Crippen molar-refractivity contribution in [2.75, 3.05) is 13.2 Å². The Hall–Kier alpha value is -2.42. The van der Waals surface area contributed by atoms with E-state index in [0.717, 1.165) is 51.4 Å². The van der Waals surface area contributed by atoms with Crippen molar-refractivity contribution in [2.24, 2.45) is 0 Å². The molecule has 0 rings (SSSR count). The number of nitrogens with one attached hydrogen (secondary N) is 2. The number of hydrogen-bond donors (Lipinski definition) is 4. The second-order valence-corrected chi connectivity index (χ2v) is 12.3. The van der Waals surface area contributed by atoms with Crippen LogP contribution in [0, 0.1) is 0 Å². The monoisotopic (exact) mass is 638 g/mol. The Balaban J connectivity index is 4.35. The Kier molecular flexibility index (Phi) is 29.9. The van der Waals surface area contributed by atoms with Crippen molar-refractivity contribution in [3.05, 3.63) is 12.2 Å². The largest absolute Gasteiger partial charge is 0.480 e. The molecule has 9 heteroatoms. The summed E-state index contributed by atoms with van der Waals surface area (Å²) in [5.74, 6) is -2.39. The lowest BCUT2D eigenvalue weighted by Gasteiger charge is -2.15. The topological polar surface area (TPSA) is 142 Å². The minimum absolute atomic E-state index is 0.113.